The van der Waals surface area contributed by atoms with Gasteiger partial charge in [-0.25, -0.2) is 0 Å². The van der Waals surface area contributed by atoms with Crippen LogP contribution < -0.4 is 10.5 Å². The minimum absolute atomic E-state index is 0.463. The van der Waals surface area contributed by atoms with Gasteiger partial charge in [0.05, 0.1) is 6.61 Å². The minimum atomic E-state index is 0.463. The number of nitrogens with zero attached hydrogens (tertiary/aromatic N) is 1. The Morgan fingerprint density at radius 2 is 1.95 bits per heavy atom. The molecule has 3 nitrogen and oxygen atoms in total. The summed E-state index contributed by atoms with van der Waals surface area (Å²) in [5.74, 6) is 1.53. The molecule has 0 saturated carbocycles. The van der Waals surface area contributed by atoms with Gasteiger partial charge in [-0.05, 0) is 68.4 Å². The zero-order valence-electron chi connectivity index (χ0n) is 14.5. The van der Waals surface area contributed by atoms with E-state index in [1.54, 1.807) is 0 Å². The lowest BCUT2D eigenvalue weighted by Gasteiger charge is -2.28. The third-order valence-electron chi connectivity index (χ3n) is 4.52. The van der Waals surface area contributed by atoms with Crippen molar-refractivity contribution in [2.24, 2.45) is 5.73 Å². The molecule has 1 heterocycles. The molecule has 1 aliphatic rings. The fraction of sp³-hybridized carbons (Fsp3) is 0.684. The van der Waals surface area contributed by atoms with Crippen LogP contribution in [0.15, 0.2) is 18.2 Å². The van der Waals surface area contributed by atoms with Crippen LogP contribution in [0.3, 0.4) is 0 Å². The molecular formula is C19H32N2O. The standard InChI is InChI=1S/C19H32N2O/c1-4-13-22-19-8-7-16(14-17(19)15(2)3)18(9-10-20)21-11-5-6-12-21/h7-8,14-15,18H,4-6,9-13,20H2,1-3H3. The first-order valence-corrected chi connectivity index (χ1v) is 8.88. The molecule has 0 radical (unpaired) electrons. The van der Waals surface area contributed by atoms with Crippen LogP contribution in [-0.2, 0) is 0 Å². The van der Waals surface area contributed by atoms with Crippen LogP contribution in [0.2, 0.25) is 0 Å². The molecule has 2 rings (SSSR count). The van der Waals surface area contributed by atoms with E-state index in [1.165, 1.54) is 37.1 Å². The van der Waals surface area contributed by atoms with E-state index < -0.39 is 0 Å². The van der Waals surface area contributed by atoms with Gasteiger partial charge in [0, 0.05) is 6.04 Å². The van der Waals surface area contributed by atoms with Crippen LogP contribution in [0.4, 0.5) is 0 Å². The number of hydrogen-bond acceptors (Lipinski definition) is 3. The average molecular weight is 304 g/mol. The highest BCUT2D eigenvalue weighted by atomic mass is 16.5. The van der Waals surface area contributed by atoms with Crippen LogP contribution >= 0.6 is 0 Å². The lowest BCUT2D eigenvalue weighted by molar-refractivity contribution is 0.235. The highest BCUT2D eigenvalue weighted by Gasteiger charge is 2.24. The van der Waals surface area contributed by atoms with E-state index in [4.69, 9.17) is 10.5 Å². The highest BCUT2D eigenvalue weighted by molar-refractivity contribution is 5.40. The summed E-state index contributed by atoms with van der Waals surface area (Å²) in [6.07, 6.45) is 4.71. The molecule has 3 heteroatoms. The van der Waals surface area contributed by atoms with Gasteiger partial charge in [-0.3, -0.25) is 4.90 Å². The van der Waals surface area contributed by atoms with Gasteiger partial charge in [0.15, 0.2) is 0 Å². The van der Waals surface area contributed by atoms with Crippen LogP contribution in [0.25, 0.3) is 0 Å². The van der Waals surface area contributed by atoms with E-state index in [-0.39, 0.29) is 0 Å². The van der Waals surface area contributed by atoms with E-state index in [1.807, 2.05) is 0 Å². The predicted octanol–water partition coefficient (Wildman–Crippen LogP) is 4.08. The lowest BCUT2D eigenvalue weighted by atomic mass is 9.94. The average Bonchev–Trinajstić information content (AvgIpc) is 3.04. The lowest BCUT2D eigenvalue weighted by Crippen LogP contribution is -2.27. The second kappa shape index (κ2) is 8.54. The summed E-state index contributed by atoms with van der Waals surface area (Å²) in [7, 11) is 0. The molecule has 22 heavy (non-hydrogen) atoms. The first-order valence-electron chi connectivity index (χ1n) is 8.88. The fourth-order valence-electron chi connectivity index (χ4n) is 3.34. The number of rotatable bonds is 8. The van der Waals surface area contributed by atoms with Crippen molar-refractivity contribution in [3.8, 4) is 5.75 Å². The Bertz CT molecular complexity index is 453. The largest absolute Gasteiger partial charge is 0.493 e. The molecule has 0 spiro atoms. The van der Waals surface area contributed by atoms with Gasteiger partial charge in [-0.2, -0.15) is 0 Å². The van der Waals surface area contributed by atoms with Crippen LogP contribution in [0, 0.1) is 0 Å². The molecular weight excluding hydrogens is 272 g/mol. The van der Waals surface area contributed by atoms with Gasteiger partial charge in [0.25, 0.3) is 0 Å². The van der Waals surface area contributed by atoms with Crippen molar-refractivity contribution in [1.29, 1.82) is 0 Å². The predicted molar refractivity (Wildman–Crippen MR) is 93.5 cm³/mol. The third-order valence-corrected chi connectivity index (χ3v) is 4.52. The molecule has 1 aromatic carbocycles. The third kappa shape index (κ3) is 4.23. The molecule has 0 amide bonds. The Balaban J connectivity index is 2.26. The Morgan fingerprint density at radius 1 is 1.23 bits per heavy atom. The fourth-order valence-corrected chi connectivity index (χ4v) is 3.34. The van der Waals surface area contributed by atoms with Crippen molar-refractivity contribution in [2.75, 3.05) is 26.2 Å². The van der Waals surface area contributed by atoms with Crippen molar-refractivity contribution < 1.29 is 4.74 Å². The molecule has 1 atom stereocenters. The summed E-state index contributed by atoms with van der Waals surface area (Å²) in [5, 5.41) is 0. The van der Waals surface area contributed by atoms with Crippen molar-refractivity contribution in [3.63, 3.8) is 0 Å². The van der Waals surface area contributed by atoms with Gasteiger partial charge in [0.2, 0.25) is 0 Å². The zero-order chi connectivity index (χ0) is 15.9. The minimum Gasteiger partial charge on any atom is -0.493 e. The molecule has 1 aliphatic heterocycles. The van der Waals surface area contributed by atoms with Crippen molar-refractivity contribution in [3.05, 3.63) is 29.3 Å². The summed E-state index contributed by atoms with van der Waals surface area (Å²) in [6.45, 7) is 10.6. The Labute approximate surface area is 135 Å². The van der Waals surface area contributed by atoms with Gasteiger partial charge in [-0.15, -0.1) is 0 Å². The van der Waals surface area contributed by atoms with Crippen LogP contribution in [-0.4, -0.2) is 31.1 Å². The van der Waals surface area contributed by atoms with Gasteiger partial charge >= 0.3 is 0 Å². The van der Waals surface area contributed by atoms with Crippen LogP contribution in [0.5, 0.6) is 5.75 Å². The van der Waals surface area contributed by atoms with E-state index in [9.17, 15) is 0 Å². The van der Waals surface area contributed by atoms with Crippen molar-refractivity contribution >= 4 is 0 Å². The smallest absolute Gasteiger partial charge is 0.122 e. The molecule has 0 bridgehead atoms. The second-order valence-corrected chi connectivity index (χ2v) is 6.64. The molecule has 1 fully saturated rings. The van der Waals surface area contributed by atoms with Crippen molar-refractivity contribution in [2.45, 2.75) is 58.4 Å². The van der Waals surface area contributed by atoms with E-state index in [0.717, 1.165) is 31.7 Å². The van der Waals surface area contributed by atoms with E-state index in [0.29, 0.717) is 12.0 Å². The monoisotopic (exact) mass is 304 g/mol. The van der Waals surface area contributed by atoms with Crippen molar-refractivity contribution in [1.82, 2.24) is 4.90 Å². The first kappa shape index (κ1) is 17.3. The maximum atomic E-state index is 5.93. The van der Waals surface area contributed by atoms with Crippen LogP contribution in [0.1, 0.15) is 69.5 Å². The maximum Gasteiger partial charge on any atom is 0.122 e. The second-order valence-electron chi connectivity index (χ2n) is 6.64. The Morgan fingerprint density at radius 3 is 2.55 bits per heavy atom. The summed E-state index contributed by atoms with van der Waals surface area (Å²) in [4.78, 5) is 2.60. The van der Waals surface area contributed by atoms with Gasteiger partial charge in [0.1, 0.15) is 5.75 Å². The molecule has 1 aromatic rings. The SMILES string of the molecule is CCCOc1ccc(C(CCN)N2CCCC2)cc1C(C)C. The molecule has 1 saturated heterocycles. The molecule has 2 N–H and O–H groups in total. The summed E-state index contributed by atoms with van der Waals surface area (Å²) in [5.41, 5.74) is 8.61. The van der Waals surface area contributed by atoms with Gasteiger partial charge in [-0.1, -0.05) is 32.9 Å². The Hall–Kier alpha value is -1.06. The van der Waals surface area contributed by atoms with E-state index >= 15 is 0 Å². The number of benzene rings is 1. The quantitative estimate of drug-likeness (QED) is 0.786. The van der Waals surface area contributed by atoms with Gasteiger partial charge < -0.3 is 10.5 Å². The molecule has 1 unspecified atom stereocenters. The number of ether oxygens (including phenoxy) is 1. The number of nitrogens with two attached hydrogens (primary N) is 1. The molecule has 0 aliphatic carbocycles. The summed E-state index contributed by atoms with van der Waals surface area (Å²) < 4.78 is 5.93. The first-order chi connectivity index (χ1) is 10.7. The number of hydrogen-bond donors (Lipinski definition) is 1. The van der Waals surface area contributed by atoms with E-state index in [2.05, 4.69) is 43.9 Å². The molecule has 0 aromatic heterocycles. The normalized spacial score (nSPS) is 17.1. The number of likely N-dealkylation sites (tertiary alicyclic amines) is 1. The summed E-state index contributed by atoms with van der Waals surface area (Å²) >= 11 is 0. The zero-order valence-corrected chi connectivity index (χ0v) is 14.5. The Kier molecular flexibility index (Phi) is 6.71. The maximum absolute atomic E-state index is 5.93. The molecule has 124 valence electrons. The topological polar surface area (TPSA) is 38.5 Å². The highest BCUT2D eigenvalue weighted by Crippen LogP contribution is 2.34. The summed E-state index contributed by atoms with van der Waals surface area (Å²) in [6, 6.07) is 7.23.